The first kappa shape index (κ1) is 15.4. The first-order chi connectivity index (χ1) is 9.77. The lowest BCUT2D eigenvalue weighted by molar-refractivity contribution is -0.137. The third-order valence-corrected chi connectivity index (χ3v) is 3.40. The molecule has 1 aromatic rings. The summed E-state index contributed by atoms with van der Waals surface area (Å²) in [6.07, 6.45) is -5.93. The second kappa shape index (κ2) is 5.80. The summed E-state index contributed by atoms with van der Waals surface area (Å²) in [5.74, 6) is 0. The first-order valence-electron chi connectivity index (χ1n) is 6.42. The Balaban J connectivity index is 2.33. The molecule has 1 aliphatic heterocycles. The van der Waals surface area contributed by atoms with Gasteiger partial charge in [-0.3, -0.25) is 5.32 Å². The van der Waals surface area contributed by atoms with Crippen molar-refractivity contribution in [1.82, 2.24) is 4.90 Å². The molecule has 0 aromatic heterocycles. The van der Waals surface area contributed by atoms with Gasteiger partial charge < -0.3 is 14.9 Å². The Morgan fingerprint density at radius 1 is 1.24 bits per heavy atom. The Bertz CT molecular complexity index is 526. The molecule has 21 heavy (non-hydrogen) atoms. The fraction of sp³-hybridized carbons (Fsp3) is 0.462. The smallest absolute Gasteiger partial charge is 0.418 e. The molecule has 1 amide bonds. The van der Waals surface area contributed by atoms with Crippen LogP contribution in [0.1, 0.15) is 5.56 Å². The summed E-state index contributed by atoms with van der Waals surface area (Å²) < 4.78 is 39.6. The predicted molar refractivity (Wildman–Crippen MR) is 72.8 cm³/mol. The molecule has 1 fully saturated rings. The summed E-state index contributed by atoms with van der Waals surface area (Å²) in [5, 5.41) is 10.5. The van der Waals surface area contributed by atoms with Crippen LogP contribution < -0.4 is 10.2 Å². The molecule has 0 atom stereocenters. The van der Waals surface area contributed by atoms with Gasteiger partial charge in [-0.05, 0) is 25.2 Å². The SMILES string of the molecule is CN1CCN(c2ccc(NC(=O)O)cc2C(F)(F)F)CC1. The summed E-state index contributed by atoms with van der Waals surface area (Å²) >= 11 is 0. The maximum atomic E-state index is 13.2. The highest BCUT2D eigenvalue weighted by Crippen LogP contribution is 2.38. The normalized spacial score (nSPS) is 16.9. The average Bonchev–Trinajstić information content (AvgIpc) is 2.38. The van der Waals surface area contributed by atoms with Crippen molar-refractivity contribution in [1.29, 1.82) is 0 Å². The van der Waals surface area contributed by atoms with Gasteiger partial charge in [-0.15, -0.1) is 0 Å². The van der Waals surface area contributed by atoms with Crippen LogP contribution in [-0.4, -0.2) is 49.3 Å². The monoisotopic (exact) mass is 303 g/mol. The molecule has 1 aliphatic rings. The maximum Gasteiger partial charge on any atom is 0.418 e. The van der Waals surface area contributed by atoms with E-state index in [9.17, 15) is 18.0 Å². The van der Waals surface area contributed by atoms with Crippen molar-refractivity contribution in [2.45, 2.75) is 6.18 Å². The number of carboxylic acid groups (broad SMARTS) is 1. The van der Waals surface area contributed by atoms with Gasteiger partial charge in [0.15, 0.2) is 0 Å². The lowest BCUT2D eigenvalue weighted by Gasteiger charge is -2.35. The molecule has 0 bridgehead atoms. The molecule has 0 spiro atoms. The number of hydrogen-bond donors (Lipinski definition) is 2. The molecule has 0 aliphatic carbocycles. The number of piperazine rings is 1. The van der Waals surface area contributed by atoms with Crippen molar-refractivity contribution in [3.63, 3.8) is 0 Å². The van der Waals surface area contributed by atoms with Crippen LogP contribution in [0.5, 0.6) is 0 Å². The number of nitrogens with zero attached hydrogens (tertiary/aromatic N) is 2. The lowest BCUT2D eigenvalue weighted by Crippen LogP contribution is -2.45. The number of nitrogens with one attached hydrogen (secondary N) is 1. The Morgan fingerprint density at radius 2 is 1.86 bits per heavy atom. The second-order valence-corrected chi connectivity index (χ2v) is 4.95. The molecule has 116 valence electrons. The zero-order valence-corrected chi connectivity index (χ0v) is 11.4. The Kier molecular flexibility index (Phi) is 4.26. The first-order valence-corrected chi connectivity index (χ1v) is 6.42. The molecule has 5 nitrogen and oxygen atoms in total. The van der Waals surface area contributed by atoms with E-state index in [-0.39, 0.29) is 11.4 Å². The summed E-state index contributed by atoms with van der Waals surface area (Å²) in [6, 6.07) is 3.50. The van der Waals surface area contributed by atoms with E-state index in [4.69, 9.17) is 5.11 Å². The minimum atomic E-state index is -4.53. The van der Waals surface area contributed by atoms with Crippen LogP contribution in [0.15, 0.2) is 18.2 Å². The van der Waals surface area contributed by atoms with Gasteiger partial charge >= 0.3 is 12.3 Å². The molecule has 2 rings (SSSR count). The lowest BCUT2D eigenvalue weighted by atomic mass is 10.1. The minimum absolute atomic E-state index is 0.0894. The second-order valence-electron chi connectivity index (χ2n) is 4.95. The van der Waals surface area contributed by atoms with Crippen LogP contribution in [0.3, 0.4) is 0 Å². The van der Waals surface area contributed by atoms with E-state index in [1.807, 2.05) is 17.3 Å². The van der Waals surface area contributed by atoms with E-state index in [1.165, 1.54) is 12.1 Å². The van der Waals surface area contributed by atoms with E-state index in [0.717, 1.165) is 6.07 Å². The quantitative estimate of drug-likeness (QED) is 0.881. The van der Waals surface area contributed by atoms with Crippen molar-refractivity contribution in [3.05, 3.63) is 23.8 Å². The molecular weight excluding hydrogens is 287 g/mol. The average molecular weight is 303 g/mol. The summed E-state index contributed by atoms with van der Waals surface area (Å²) in [7, 11) is 1.92. The third kappa shape index (κ3) is 3.78. The maximum absolute atomic E-state index is 13.2. The topological polar surface area (TPSA) is 55.8 Å². The van der Waals surface area contributed by atoms with Crippen LogP contribution >= 0.6 is 0 Å². The number of likely N-dealkylation sites (N-methyl/N-ethyl adjacent to an activating group) is 1. The number of halogens is 3. The third-order valence-electron chi connectivity index (χ3n) is 3.40. The summed E-state index contributed by atoms with van der Waals surface area (Å²) in [5.41, 5.74) is -0.822. The van der Waals surface area contributed by atoms with Gasteiger partial charge in [0.25, 0.3) is 0 Å². The van der Waals surface area contributed by atoms with E-state index in [2.05, 4.69) is 0 Å². The van der Waals surface area contributed by atoms with Crippen LogP contribution in [0.2, 0.25) is 0 Å². The van der Waals surface area contributed by atoms with Crippen LogP contribution in [-0.2, 0) is 6.18 Å². The number of amides is 1. The number of rotatable bonds is 2. The number of benzene rings is 1. The van der Waals surface area contributed by atoms with Gasteiger partial charge in [0.1, 0.15) is 0 Å². The molecule has 1 aromatic carbocycles. The molecule has 8 heteroatoms. The number of hydrogen-bond acceptors (Lipinski definition) is 3. The summed E-state index contributed by atoms with van der Waals surface area (Å²) in [6.45, 7) is 2.38. The van der Waals surface area contributed by atoms with Gasteiger partial charge in [0.2, 0.25) is 0 Å². The van der Waals surface area contributed by atoms with Crippen LogP contribution in [0.4, 0.5) is 29.3 Å². The Labute approximate surface area is 120 Å². The Hall–Kier alpha value is -1.96. The largest absolute Gasteiger partial charge is 0.465 e. The van der Waals surface area contributed by atoms with Gasteiger partial charge in [0.05, 0.1) is 5.56 Å². The molecule has 0 unspecified atom stereocenters. The zero-order chi connectivity index (χ0) is 15.6. The Morgan fingerprint density at radius 3 is 2.38 bits per heavy atom. The van der Waals surface area contributed by atoms with Gasteiger partial charge in [-0.1, -0.05) is 0 Å². The van der Waals surface area contributed by atoms with Crippen LogP contribution in [0, 0.1) is 0 Å². The fourth-order valence-electron chi connectivity index (χ4n) is 2.29. The molecule has 0 saturated carbocycles. The zero-order valence-electron chi connectivity index (χ0n) is 11.4. The minimum Gasteiger partial charge on any atom is -0.465 e. The van der Waals surface area contributed by atoms with Crippen molar-refractivity contribution in [3.8, 4) is 0 Å². The number of alkyl halides is 3. The van der Waals surface area contributed by atoms with Gasteiger partial charge in [-0.2, -0.15) is 13.2 Å². The van der Waals surface area contributed by atoms with Gasteiger partial charge in [0, 0.05) is 37.6 Å². The van der Waals surface area contributed by atoms with E-state index in [1.54, 1.807) is 4.90 Å². The van der Waals surface area contributed by atoms with E-state index >= 15 is 0 Å². The highest BCUT2D eigenvalue weighted by molar-refractivity contribution is 5.83. The fourth-order valence-corrected chi connectivity index (χ4v) is 2.29. The molecule has 1 saturated heterocycles. The number of carbonyl (C=O) groups is 1. The molecule has 0 radical (unpaired) electrons. The van der Waals surface area contributed by atoms with E-state index in [0.29, 0.717) is 26.2 Å². The number of anilines is 2. The van der Waals surface area contributed by atoms with Crippen molar-refractivity contribution >= 4 is 17.5 Å². The van der Waals surface area contributed by atoms with Crippen molar-refractivity contribution < 1.29 is 23.1 Å². The van der Waals surface area contributed by atoms with E-state index < -0.39 is 17.8 Å². The van der Waals surface area contributed by atoms with Gasteiger partial charge in [-0.25, -0.2) is 4.79 Å². The van der Waals surface area contributed by atoms with Crippen molar-refractivity contribution in [2.24, 2.45) is 0 Å². The molecule has 1 heterocycles. The van der Waals surface area contributed by atoms with Crippen LogP contribution in [0.25, 0.3) is 0 Å². The highest BCUT2D eigenvalue weighted by Gasteiger charge is 2.35. The molecule has 2 N–H and O–H groups in total. The molecular formula is C13H16F3N3O2. The standard InChI is InChI=1S/C13H16F3N3O2/c1-18-4-6-19(7-5-18)11-3-2-9(17-12(20)21)8-10(11)13(14,15)16/h2-3,8,17H,4-7H2,1H3,(H,20,21). The predicted octanol–water partition coefficient (Wildman–Crippen LogP) is 2.55. The highest BCUT2D eigenvalue weighted by atomic mass is 19.4. The summed E-state index contributed by atoms with van der Waals surface area (Å²) in [4.78, 5) is 14.3. The van der Waals surface area contributed by atoms with Crippen molar-refractivity contribution in [2.75, 3.05) is 43.4 Å².